The number of rotatable bonds is 6. The lowest BCUT2D eigenvalue weighted by molar-refractivity contribution is -0.141. The number of carbonyl (C=O) groups excluding carboxylic acids is 2. The Labute approximate surface area is 202 Å². The zero-order valence-electron chi connectivity index (χ0n) is 19.0. The predicted molar refractivity (Wildman–Crippen MR) is 128 cm³/mol. The molecule has 2 aliphatic rings. The molecule has 5 rings (SSSR count). The first-order valence-corrected chi connectivity index (χ1v) is 11.6. The van der Waals surface area contributed by atoms with Gasteiger partial charge in [0, 0.05) is 24.2 Å². The second kappa shape index (κ2) is 9.58. The van der Waals surface area contributed by atoms with Gasteiger partial charge in [-0.15, -0.1) is 0 Å². The number of carbonyl (C=O) groups is 3. The number of carboxylic acid groups (broad SMARTS) is 1. The second-order valence-corrected chi connectivity index (χ2v) is 8.71. The molecule has 8 heteroatoms. The number of hydrogen-bond donors (Lipinski definition) is 2. The van der Waals surface area contributed by atoms with Crippen molar-refractivity contribution in [1.82, 2.24) is 15.2 Å². The Morgan fingerprint density at radius 1 is 1.03 bits per heavy atom. The van der Waals surface area contributed by atoms with E-state index in [9.17, 15) is 19.5 Å². The molecule has 178 valence electrons. The molecule has 0 unspecified atom stereocenters. The van der Waals surface area contributed by atoms with Crippen molar-refractivity contribution < 1.29 is 24.2 Å². The number of benzene rings is 2. The van der Waals surface area contributed by atoms with Crippen LogP contribution in [-0.2, 0) is 16.1 Å². The first-order chi connectivity index (χ1) is 17.0. The largest absolute Gasteiger partial charge is 0.480 e. The van der Waals surface area contributed by atoms with E-state index in [0.717, 1.165) is 22.3 Å². The monoisotopic (exact) mass is 471 g/mol. The molecule has 2 aromatic carbocycles. The summed E-state index contributed by atoms with van der Waals surface area (Å²) >= 11 is 0. The molecule has 2 heterocycles. The van der Waals surface area contributed by atoms with Crippen molar-refractivity contribution in [3.05, 3.63) is 89.2 Å². The van der Waals surface area contributed by atoms with E-state index in [4.69, 9.17) is 4.74 Å². The Balaban J connectivity index is 1.20. The van der Waals surface area contributed by atoms with Crippen LogP contribution in [-0.4, -0.2) is 52.2 Å². The Morgan fingerprint density at radius 3 is 2.40 bits per heavy atom. The topological polar surface area (TPSA) is 109 Å². The summed E-state index contributed by atoms with van der Waals surface area (Å²) in [6.45, 7) is 0.697. The molecule has 0 bridgehead atoms. The van der Waals surface area contributed by atoms with E-state index in [1.54, 1.807) is 12.1 Å². The number of aliphatic carboxylic acids is 1. The van der Waals surface area contributed by atoms with Crippen LogP contribution in [0.5, 0.6) is 0 Å². The standard InChI is InChI=1S/C27H25N3O5/c31-25(30-13-5-10-24(30)26(32)33)17-11-12-28-18(14-17)15-29-27(34)35-16-23-21-8-3-1-6-19(21)20-7-2-4-9-22(20)23/h1-4,6-9,11-12,14,23-24H,5,10,13,15-16H2,(H,29,34)(H,32,33)/t24-/m1/s1. The number of aromatic nitrogens is 1. The molecule has 35 heavy (non-hydrogen) atoms. The SMILES string of the molecule is O=C(NCc1cc(C(=O)N2CCC[C@@H]2C(=O)O)ccn1)OCC1c2ccccc2-c2ccccc21. The summed E-state index contributed by atoms with van der Waals surface area (Å²) in [6, 6.07) is 18.6. The lowest BCUT2D eigenvalue weighted by atomic mass is 9.98. The molecule has 1 aliphatic carbocycles. The summed E-state index contributed by atoms with van der Waals surface area (Å²) < 4.78 is 5.54. The Kier molecular flexibility index (Phi) is 6.18. The molecular formula is C27H25N3O5. The molecule has 2 amide bonds. The number of fused-ring (bicyclic) bond motifs is 3. The van der Waals surface area contributed by atoms with Crippen molar-refractivity contribution in [2.24, 2.45) is 0 Å². The van der Waals surface area contributed by atoms with Gasteiger partial charge < -0.3 is 20.1 Å². The van der Waals surface area contributed by atoms with Crippen LogP contribution in [0, 0.1) is 0 Å². The van der Waals surface area contributed by atoms with Crippen LogP contribution in [0.2, 0.25) is 0 Å². The first kappa shape index (κ1) is 22.6. The van der Waals surface area contributed by atoms with Crippen molar-refractivity contribution in [1.29, 1.82) is 0 Å². The van der Waals surface area contributed by atoms with E-state index in [1.807, 2.05) is 24.3 Å². The number of hydrogen-bond acceptors (Lipinski definition) is 5. The lowest BCUT2D eigenvalue weighted by Crippen LogP contribution is -2.40. The minimum Gasteiger partial charge on any atom is -0.480 e. The van der Waals surface area contributed by atoms with Crippen molar-refractivity contribution in [3.63, 3.8) is 0 Å². The maximum Gasteiger partial charge on any atom is 0.407 e. The number of pyridine rings is 1. The fraction of sp³-hybridized carbons (Fsp3) is 0.259. The van der Waals surface area contributed by atoms with Gasteiger partial charge in [-0.3, -0.25) is 9.78 Å². The molecule has 0 radical (unpaired) electrons. The number of nitrogens with one attached hydrogen (secondary N) is 1. The Morgan fingerprint density at radius 2 is 1.71 bits per heavy atom. The molecule has 1 aliphatic heterocycles. The predicted octanol–water partition coefficient (Wildman–Crippen LogP) is 3.81. The summed E-state index contributed by atoms with van der Waals surface area (Å²) in [5, 5.41) is 12.0. The van der Waals surface area contributed by atoms with Crippen molar-refractivity contribution in [2.75, 3.05) is 13.2 Å². The van der Waals surface area contributed by atoms with Gasteiger partial charge in [0.15, 0.2) is 0 Å². The molecule has 3 aromatic rings. The third kappa shape index (κ3) is 4.47. The van der Waals surface area contributed by atoms with Gasteiger partial charge in [-0.1, -0.05) is 48.5 Å². The van der Waals surface area contributed by atoms with Gasteiger partial charge >= 0.3 is 12.1 Å². The van der Waals surface area contributed by atoms with Crippen LogP contribution in [0.4, 0.5) is 4.79 Å². The highest BCUT2D eigenvalue weighted by Gasteiger charge is 2.34. The van der Waals surface area contributed by atoms with Gasteiger partial charge in [0.1, 0.15) is 12.6 Å². The van der Waals surface area contributed by atoms with E-state index < -0.39 is 18.1 Å². The molecule has 0 saturated carbocycles. The van der Waals surface area contributed by atoms with Gasteiger partial charge in [0.05, 0.1) is 12.2 Å². The zero-order valence-corrected chi connectivity index (χ0v) is 19.0. The summed E-state index contributed by atoms with van der Waals surface area (Å²) in [5.74, 6) is -1.38. The highest BCUT2D eigenvalue weighted by Crippen LogP contribution is 2.44. The molecule has 1 fully saturated rings. The van der Waals surface area contributed by atoms with Crippen LogP contribution in [0.25, 0.3) is 11.1 Å². The maximum absolute atomic E-state index is 12.8. The maximum atomic E-state index is 12.8. The molecule has 1 atom stereocenters. The molecule has 8 nitrogen and oxygen atoms in total. The quantitative estimate of drug-likeness (QED) is 0.566. The number of amides is 2. The lowest BCUT2D eigenvalue weighted by Gasteiger charge is -2.21. The number of likely N-dealkylation sites (tertiary alicyclic amines) is 1. The molecule has 1 aromatic heterocycles. The summed E-state index contributed by atoms with van der Waals surface area (Å²) in [6.07, 6.45) is 2.01. The molecule has 1 saturated heterocycles. The van der Waals surface area contributed by atoms with Crippen LogP contribution < -0.4 is 5.32 Å². The Hall–Kier alpha value is -4.20. The van der Waals surface area contributed by atoms with Crippen LogP contribution >= 0.6 is 0 Å². The van der Waals surface area contributed by atoms with E-state index in [1.165, 1.54) is 11.1 Å². The number of alkyl carbamates (subject to hydrolysis) is 1. The Bertz CT molecular complexity index is 1250. The number of ether oxygens (including phenoxy) is 1. The van der Waals surface area contributed by atoms with Gasteiger partial charge in [-0.2, -0.15) is 0 Å². The fourth-order valence-corrected chi connectivity index (χ4v) is 4.95. The minimum atomic E-state index is -0.998. The molecular weight excluding hydrogens is 446 g/mol. The van der Waals surface area contributed by atoms with E-state index in [-0.39, 0.29) is 25.0 Å². The van der Waals surface area contributed by atoms with Gasteiger partial charge in [-0.25, -0.2) is 9.59 Å². The van der Waals surface area contributed by atoms with Crippen molar-refractivity contribution >= 4 is 18.0 Å². The smallest absolute Gasteiger partial charge is 0.407 e. The first-order valence-electron chi connectivity index (χ1n) is 11.6. The van der Waals surface area contributed by atoms with Crippen molar-refractivity contribution in [3.8, 4) is 11.1 Å². The average molecular weight is 472 g/mol. The van der Waals surface area contributed by atoms with E-state index in [0.29, 0.717) is 30.6 Å². The zero-order chi connectivity index (χ0) is 24.4. The van der Waals surface area contributed by atoms with Gasteiger partial charge in [-0.05, 0) is 47.2 Å². The van der Waals surface area contributed by atoms with Gasteiger partial charge in [0.25, 0.3) is 5.91 Å². The third-order valence-corrected chi connectivity index (χ3v) is 6.62. The van der Waals surface area contributed by atoms with Gasteiger partial charge in [0.2, 0.25) is 0 Å². The molecule has 0 spiro atoms. The molecule has 2 N–H and O–H groups in total. The average Bonchev–Trinajstić information content (AvgIpc) is 3.50. The highest BCUT2D eigenvalue weighted by atomic mass is 16.5. The minimum absolute atomic E-state index is 0.0325. The van der Waals surface area contributed by atoms with Crippen LogP contribution in [0.3, 0.4) is 0 Å². The van der Waals surface area contributed by atoms with E-state index >= 15 is 0 Å². The fourth-order valence-electron chi connectivity index (χ4n) is 4.95. The van der Waals surface area contributed by atoms with Crippen LogP contribution in [0.1, 0.15) is 45.9 Å². The second-order valence-electron chi connectivity index (χ2n) is 8.71. The normalized spacial score (nSPS) is 16.5. The summed E-state index contributed by atoms with van der Waals surface area (Å²) in [7, 11) is 0. The highest BCUT2D eigenvalue weighted by molar-refractivity contribution is 5.97. The summed E-state index contributed by atoms with van der Waals surface area (Å²) in [5.41, 5.74) is 5.41. The number of nitrogens with zero attached hydrogens (tertiary/aromatic N) is 2. The van der Waals surface area contributed by atoms with Crippen molar-refractivity contribution in [2.45, 2.75) is 31.3 Å². The third-order valence-electron chi connectivity index (χ3n) is 6.62. The van der Waals surface area contributed by atoms with Crippen LogP contribution in [0.15, 0.2) is 66.9 Å². The van der Waals surface area contributed by atoms with E-state index in [2.05, 4.69) is 34.6 Å². The summed E-state index contributed by atoms with van der Waals surface area (Å²) in [4.78, 5) is 42.3. The number of carboxylic acids is 1.